The zero-order valence-corrected chi connectivity index (χ0v) is 25.6. The van der Waals surface area contributed by atoms with Crippen LogP contribution in [0.5, 0.6) is 11.5 Å². The lowest BCUT2D eigenvalue weighted by molar-refractivity contribution is -0.122. The number of carbonyl (C=O) groups excluding carboxylic acids is 3. The summed E-state index contributed by atoms with van der Waals surface area (Å²) in [5.41, 5.74) is 6.35. The minimum absolute atomic E-state index is 0.154. The normalized spacial score (nSPS) is 14.2. The van der Waals surface area contributed by atoms with Gasteiger partial charge in [-0.05, 0) is 95.6 Å². The second-order valence-electron chi connectivity index (χ2n) is 10.1. The third-order valence-electron chi connectivity index (χ3n) is 6.82. The Labute approximate surface area is 258 Å². The second kappa shape index (κ2) is 12.6. The van der Waals surface area contributed by atoms with Gasteiger partial charge in [0.2, 0.25) is 0 Å². The summed E-state index contributed by atoms with van der Waals surface area (Å²) in [6.45, 7) is 4.53. The van der Waals surface area contributed by atoms with E-state index >= 15 is 0 Å². The van der Waals surface area contributed by atoms with Crippen LogP contribution in [0.25, 0.3) is 6.08 Å². The fraction of sp³-hybridized carbons (Fsp3) is 0.147. The van der Waals surface area contributed by atoms with Gasteiger partial charge in [0.05, 0.1) is 12.8 Å². The third-order valence-corrected chi connectivity index (χ3v) is 7.78. The molecule has 1 aliphatic heterocycles. The minimum Gasteiger partial charge on any atom is -0.496 e. The molecule has 8 heteroatoms. The average molecular weight is 673 g/mol. The van der Waals surface area contributed by atoms with Crippen molar-refractivity contribution in [1.29, 1.82) is 0 Å². The van der Waals surface area contributed by atoms with Crippen molar-refractivity contribution in [3.8, 4) is 11.5 Å². The highest BCUT2D eigenvalue weighted by Crippen LogP contribution is 2.31. The number of barbiturate groups is 1. The molecule has 0 aromatic heterocycles. The van der Waals surface area contributed by atoms with Crippen LogP contribution < -0.4 is 19.7 Å². The summed E-state index contributed by atoms with van der Waals surface area (Å²) >= 11 is 2.24. The van der Waals surface area contributed by atoms with E-state index in [-0.39, 0.29) is 5.57 Å². The number of halogens is 1. The first-order valence-corrected chi connectivity index (χ1v) is 14.4. The van der Waals surface area contributed by atoms with E-state index in [1.807, 2.05) is 36.4 Å². The molecule has 1 heterocycles. The lowest BCUT2D eigenvalue weighted by atomic mass is 9.98. The largest absolute Gasteiger partial charge is 0.496 e. The molecule has 7 nitrogen and oxygen atoms in total. The monoisotopic (exact) mass is 672 g/mol. The van der Waals surface area contributed by atoms with Gasteiger partial charge in [-0.2, -0.15) is 0 Å². The van der Waals surface area contributed by atoms with E-state index < -0.39 is 17.8 Å². The maximum Gasteiger partial charge on any atom is 0.335 e. The molecular weight excluding hydrogens is 643 g/mol. The molecule has 5 rings (SSSR count). The standard InChI is InChI=1S/C34H29IN2O5/c1-21-13-22(2)15-24(14-21)16-28-30(35)18-25(19-31(28)41-3)17-29-32(38)36-34(40)37(33(29)39)26-9-11-27(12-10-26)42-20-23-7-5-4-6-8-23/h4-15,17-19H,16,20H2,1-3H3,(H,36,38,40)/b29-17+. The van der Waals surface area contributed by atoms with Crippen molar-refractivity contribution in [3.63, 3.8) is 0 Å². The average Bonchev–Trinajstić information content (AvgIpc) is 2.96. The number of ether oxygens (including phenoxy) is 2. The number of methoxy groups -OCH3 is 1. The van der Waals surface area contributed by atoms with Crippen LogP contribution in [0.1, 0.15) is 33.4 Å². The molecule has 1 aliphatic rings. The van der Waals surface area contributed by atoms with Crippen molar-refractivity contribution >= 4 is 52.2 Å². The fourth-order valence-electron chi connectivity index (χ4n) is 4.93. The summed E-state index contributed by atoms with van der Waals surface area (Å²) < 4.78 is 12.5. The summed E-state index contributed by atoms with van der Waals surface area (Å²) in [6.07, 6.45) is 2.16. The molecule has 0 aliphatic carbocycles. The molecule has 4 amide bonds. The van der Waals surface area contributed by atoms with E-state index in [1.54, 1.807) is 37.4 Å². The Morgan fingerprint density at radius 3 is 2.21 bits per heavy atom. The van der Waals surface area contributed by atoms with Gasteiger partial charge in [-0.1, -0.05) is 59.7 Å². The number of rotatable bonds is 8. The number of urea groups is 1. The molecular formula is C34H29IN2O5. The van der Waals surface area contributed by atoms with Gasteiger partial charge in [0.15, 0.2) is 0 Å². The quantitative estimate of drug-likeness (QED) is 0.127. The maximum atomic E-state index is 13.5. The number of nitrogens with zero attached hydrogens (tertiary/aromatic N) is 1. The van der Waals surface area contributed by atoms with Gasteiger partial charge < -0.3 is 9.47 Å². The number of amides is 4. The summed E-state index contributed by atoms with van der Waals surface area (Å²) in [5, 5.41) is 2.28. The summed E-state index contributed by atoms with van der Waals surface area (Å²) in [7, 11) is 1.60. The molecule has 0 spiro atoms. The lowest BCUT2D eigenvalue weighted by Crippen LogP contribution is -2.54. The Bertz CT molecular complexity index is 1680. The number of benzene rings is 4. The van der Waals surface area contributed by atoms with Crippen molar-refractivity contribution < 1.29 is 23.9 Å². The molecule has 0 unspecified atom stereocenters. The molecule has 212 valence electrons. The third kappa shape index (κ3) is 6.54. The minimum atomic E-state index is -0.809. The maximum absolute atomic E-state index is 13.5. The number of aryl methyl sites for hydroxylation is 2. The predicted molar refractivity (Wildman–Crippen MR) is 171 cm³/mol. The summed E-state index contributed by atoms with van der Waals surface area (Å²) in [5.74, 6) is -0.232. The molecule has 1 N–H and O–H groups in total. The van der Waals surface area contributed by atoms with Crippen LogP contribution in [0.15, 0.2) is 90.5 Å². The highest BCUT2D eigenvalue weighted by molar-refractivity contribution is 14.1. The Kier molecular flexibility index (Phi) is 8.72. The molecule has 0 bridgehead atoms. The first-order chi connectivity index (χ1) is 20.2. The van der Waals surface area contributed by atoms with Gasteiger partial charge >= 0.3 is 6.03 Å². The van der Waals surface area contributed by atoms with Crippen LogP contribution in [-0.2, 0) is 22.6 Å². The van der Waals surface area contributed by atoms with Crippen molar-refractivity contribution in [1.82, 2.24) is 5.32 Å². The van der Waals surface area contributed by atoms with Crippen molar-refractivity contribution in [2.75, 3.05) is 12.0 Å². The molecule has 1 saturated heterocycles. The van der Waals surface area contributed by atoms with E-state index in [0.29, 0.717) is 35.8 Å². The highest BCUT2D eigenvalue weighted by atomic mass is 127. The molecule has 0 radical (unpaired) electrons. The number of hydrogen-bond acceptors (Lipinski definition) is 5. The Hall–Kier alpha value is -4.44. The van der Waals surface area contributed by atoms with Gasteiger partial charge in [-0.3, -0.25) is 14.9 Å². The van der Waals surface area contributed by atoms with Crippen molar-refractivity contribution in [2.45, 2.75) is 26.9 Å². The lowest BCUT2D eigenvalue weighted by Gasteiger charge is -2.26. The first-order valence-electron chi connectivity index (χ1n) is 13.3. The summed E-state index contributed by atoms with van der Waals surface area (Å²) in [6, 6.07) is 25.6. The van der Waals surface area contributed by atoms with Crippen molar-refractivity contribution in [3.05, 3.63) is 127 Å². The van der Waals surface area contributed by atoms with Gasteiger partial charge in [0, 0.05) is 15.6 Å². The van der Waals surface area contributed by atoms with E-state index in [0.717, 1.165) is 19.6 Å². The molecule has 4 aromatic carbocycles. The number of nitrogens with one attached hydrogen (secondary N) is 1. The van der Waals surface area contributed by atoms with Crippen LogP contribution >= 0.6 is 22.6 Å². The predicted octanol–water partition coefficient (Wildman–Crippen LogP) is 6.75. The zero-order valence-electron chi connectivity index (χ0n) is 23.4. The highest BCUT2D eigenvalue weighted by Gasteiger charge is 2.37. The van der Waals surface area contributed by atoms with Gasteiger partial charge in [0.1, 0.15) is 23.7 Å². The Morgan fingerprint density at radius 1 is 0.857 bits per heavy atom. The molecule has 42 heavy (non-hydrogen) atoms. The van der Waals surface area contributed by atoms with Crippen LogP contribution in [0.2, 0.25) is 0 Å². The first kappa shape index (κ1) is 29.1. The van der Waals surface area contributed by atoms with Crippen LogP contribution in [0.4, 0.5) is 10.5 Å². The van der Waals surface area contributed by atoms with Gasteiger partial charge in [0.25, 0.3) is 11.8 Å². The van der Waals surface area contributed by atoms with Crippen molar-refractivity contribution in [2.24, 2.45) is 0 Å². The molecule has 0 atom stereocenters. The number of anilines is 1. The number of hydrogen-bond donors (Lipinski definition) is 1. The molecule has 1 fully saturated rings. The van der Waals surface area contributed by atoms with Crippen LogP contribution in [0.3, 0.4) is 0 Å². The van der Waals surface area contributed by atoms with E-state index in [4.69, 9.17) is 9.47 Å². The summed E-state index contributed by atoms with van der Waals surface area (Å²) in [4.78, 5) is 39.9. The van der Waals surface area contributed by atoms with Gasteiger partial charge in [-0.25, -0.2) is 9.69 Å². The van der Waals surface area contributed by atoms with Crippen LogP contribution in [-0.4, -0.2) is 25.0 Å². The smallest absolute Gasteiger partial charge is 0.335 e. The van der Waals surface area contributed by atoms with E-state index in [9.17, 15) is 14.4 Å². The molecule has 0 saturated carbocycles. The Balaban J connectivity index is 1.38. The van der Waals surface area contributed by atoms with Crippen LogP contribution in [0, 0.1) is 17.4 Å². The SMILES string of the molecule is COc1cc(/C=C2\C(=O)NC(=O)N(c3ccc(OCc4ccccc4)cc3)C2=O)cc(I)c1Cc1cc(C)cc(C)c1. The second-order valence-corrected chi connectivity index (χ2v) is 11.2. The fourth-order valence-corrected chi connectivity index (χ4v) is 5.75. The van der Waals surface area contributed by atoms with Gasteiger partial charge in [-0.15, -0.1) is 0 Å². The van der Waals surface area contributed by atoms with E-state index in [2.05, 4.69) is 60.0 Å². The topological polar surface area (TPSA) is 84.9 Å². The number of carbonyl (C=O) groups is 3. The molecule has 4 aromatic rings. The Morgan fingerprint density at radius 2 is 1.55 bits per heavy atom. The zero-order chi connectivity index (χ0) is 29.8. The van der Waals surface area contributed by atoms with E-state index in [1.165, 1.54) is 22.8 Å². The number of imide groups is 2.